The first-order valence-electron chi connectivity index (χ1n) is 8.34. The second kappa shape index (κ2) is 6.71. The van der Waals surface area contributed by atoms with Gasteiger partial charge in [0, 0.05) is 37.2 Å². The Balaban J connectivity index is 2.09. The summed E-state index contributed by atoms with van der Waals surface area (Å²) in [5.41, 5.74) is 3.68. The Morgan fingerprint density at radius 1 is 1.48 bits per heavy atom. The third kappa shape index (κ3) is 2.85. The van der Waals surface area contributed by atoms with E-state index >= 15 is 0 Å². The zero-order chi connectivity index (χ0) is 16.4. The summed E-state index contributed by atoms with van der Waals surface area (Å²) in [7, 11) is 0. The van der Waals surface area contributed by atoms with Crippen molar-refractivity contribution >= 4 is 11.5 Å². The van der Waals surface area contributed by atoms with Crippen LogP contribution in [0.2, 0.25) is 0 Å². The Kier molecular flexibility index (Phi) is 4.66. The molecule has 3 heterocycles. The minimum Gasteiger partial charge on any atom is -0.462 e. The van der Waals surface area contributed by atoms with Gasteiger partial charge in [-0.1, -0.05) is 6.92 Å². The quantitative estimate of drug-likeness (QED) is 0.812. The van der Waals surface area contributed by atoms with Crippen LogP contribution < -0.4 is 0 Å². The highest BCUT2D eigenvalue weighted by Gasteiger charge is 2.29. The molecule has 1 unspecified atom stereocenters. The van der Waals surface area contributed by atoms with Crippen molar-refractivity contribution in [1.29, 1.82) is 0 Å². The highest BCUT2D eigenvalue weighted by atomic mass is 16.5. The van der Waals surface area contributed by atoms with Crippen LogP contribution in [-0.4, -0.2) is 35.2 Å². The fourth-order valence-corrected chi connectivity index (χ4v) is 3.72. The van der Waals surface area contributed by atoms with Crippen LogP contribution in [0.4, 0.5) is 0 Å². The lowest BCUT2D eigenvalue weighted by atomic mass is 9.84. The molecule has 1 fully saturated rings. The van der Waals surface area contributed by atoms with Gasteiger partial charge < -0.3 is 13.9 Å². The summed E-state index contributed by atoms with van der Waals surface area (Å²) in [4.78, 5) is 16.6. The molecule has 0 spiro atoms. The van der Waals surface area contributed by atoms with Crippen LogP contribution in [0.5, 0.6) is 0 Å². The minimum atomic E-state index is -0.263. The van der Waals surface area contributed by atoms with E-state index in [0.29, 0.717) is 24.0 Å². The third-order valence-corrected chi connectivity index (χ3v) is 4.92. The van der Waals surface area contributed by atoms with Crippen LogP contribution in [0.15, 0.2) is 18.6 Å². The van der Waals surface area contributed by atoms with Crippen LogP contribution in [-0.2, 0) is 9.47 Å². The predicted octanol–water partition coefficient (Wildman–Crippen LogP) is 3.35. The van der Waals surface area contributed by atoms with Crippen LogP contribution in [0.1, 0.15) is 54.2 Å². The first kappa shape index (κ1) is 16.0. The molecule has 2 aromatic heterocycles. The Bertz CT molecular complexity index is 702. The van der Waals surface area contributed by atoms with Gasteiger partial charge in [-0.2, -0.15) is 0 Å². The van der Waals surface area contributed by atoms with Crippen LogP contribution in [0.25, 0.3) is 5.52 Å². The van der Waals surface area contributed by atoms with Crippen molar-refractivity contribution in [3.8, 4) is 0 Å². The van der Waals surface area contributed by atoms with Crippen LogP contribution in [0.3, 0.4) is 0 Å². The molecule has 1 aliphatic rings. The van der Waals surface area contributed by atoms with Crippen molar-refractivity contribution in [2.75, 3.05) is 19.8 Å². The summed E-state index contributed by atoms with van der Waals surface area (Å²) in [6, 6.07) is 0. The summed E-state index contributed by atoms with van der Waals surface area (Å²) in [5, 5.41) is 0. The van der Waals surface area contributed by atoms with Crippen molar-refractivity contribution in [2.24, 2.45) is 5.92 Å². The molecule has 23 heavy (non-hydrogen) atoms. The SMILES string of the molecule is CCOC(=O)c1c(C)c(C(C)C2CCOCC2)n2ccncc12. The van der Waals surface area contributed by atoms with E-state index in [0.717, 1.165) is 37.1 Å². The fraction of sp³-hybridized carbons (Fsp3) is 0.556. The van der Waals surface area contributed by atoms with Gasteiger partial charge in [-0.15, -0.1) is 0 Å². The number of hydrogen-bond donors (Lipinski definition) is 0. The molecular formula is C18H24N2O3. The molecule has 0 bridgehead atoms. The second-order valence-corrected chi connectivity index (χ2v) is 6.18. The summed E-state index contributed by atoms with van der Waals surface area (Å²) in [6.07, 6.45) is 7.58. The van der Waals surface area contributed by atoms with Gasteiger partial charge in [-0.3, -0.25) is 4.98 Å². The van der Waals surface area contributed by atoms with Gasteiger partial charge in [-0.25, -0.2) is 4.79 Å². The van der Waals surface area contributed by atoms with Gasteiger partial charge in [0.2, 0.25) is 0 Å². The number of carbonyl (C=O) groups is 1. The molecule has 0 saturated carbocycles. The van der Waals surface area contributed by atoms with E-state index in [1.165, 1.54) is 5.69 Å². The molecule has 2 aromatic rings. The van der Waals surface area contributed by atoms with E-state index < -0.39 is 0 Å². The van der Waals surface area contributed by atoms with Crippen molar-refractivity contribution < 1.29 is 14.3 Å². The molecule has 1 aliphatic heterocycles. The Morgan fingerprint density at radius 2 is 2.22 bits per heavy atom. The first-order chi connectivity index (χ1) is 11.1. The summed E-state index contributed by atoms with van der Waals surface area (Å²) in [6.45, 7) is 8.12. The van der Waals surface area contributed by atoms with Gasteiger partial charge >= 0.3 is 5.97 Å². The molecule has 0 N–H and O–H groups in total. The number of esters is 1. The molecule has 0 radical (unpaired) electrons. The average Bonchev–Trinajstić information content (AvgIpc) is 2.87. The van der Waals surface area contributed by atoms with Gasteiger partial charge in [-0.05, 0) is 38.2 Å². The van der Waals surface area contributed by atoms with E-state index in [9.17, 15) is 4.79 Å². The average molecular weight is 316 g/mol. The molecule has 5 nitrogen and oxygen atoms in total. The molecule has 3 rings (SSSR count). The van der Waals surface area contributed by atoms with Gasteiger partial charge in [0.15, 0.2) is 0 Å². The van der Waals surface area contributed by atoms with E-state index in [1.54, 1.807) is 12.4 Å². The number of aromatic nitrogens is 2. The molecule has 0 amide bonds. The van der Waals surface area contributed by atoms with E-state index in [4.69, 9.17) is 9.47 Å². The fourth-order valence-electron chi connectivity index (χ4n) is 3.72. The highest BCUT2D eigenvalue weighted by molar-refractivity contribution is 5.99. The largest absolute Gasteiger partial charge is 0.462 e. The molecule has 1 atom stereocenters. The number of rotatable bonds is 4. The van der Waals surface area contributed by atoms with Crippen molar-refractivity contribution in [3.05, 3.63) is 35.4 Å². The molecule has 1 saturated heterocycles. The predicted molar refractivity (Wildman–Crippen MR) is 87.8 cm³/mol. The van der Waals surface area contributed by atoms with E-state index in [2.05, 4.69) is 16.3 Å². The summed E-state index contributed by atoms with van der Waals surface area (Å²) < 4.78 is 12.8. The lowest BCUT2D eigenvalue weighted by Crippen LogP contribution is -2.21. The third-order valence-electron chi connectivity index (χ3n) is 4.92. The molecule has 5 heteroatoms. The summed E-state index contributed by atoms with van der Waals surface area (Å²) in [5.74, 6) is 0.668. The lowest BCUT2D eigenvalue weighted by Gasteiger charge is -2.28. The maximum absolute atomic E-state index is 12.4. The van der Waals surface area contributed by atoms with E-state index in [-0.39, 0.29) is 5.97 Å². The molecular weight excluding hydrogens is 292 g/mol. The second-order valence-electron chi connectivity index (χ2n) is 6.18. The lowest BCUT2D eigenvalue weighted by molar-refractivity contribution is 0.0527. The number of carbonyl (C=O) groups excluding carboxylic acids is 1. The normalized spacial score (nSPS) is 17.3. The van der Waals surface area contributed by atoms with E-state index in [1.807, 2.05) is 20.0 Å². The first-order valence-corrected chi connectivity index (χ1v) is 8.34. The van der Waals surface area contributed by atoms with Gasteiger partial charge in [0.05, 0.1) is 23.9 Å². The molecule has 0 aliphatic carbocycles. The zero-order valence-electron chi connectivity index (χ0n) is 14.0. The number of fused-ring (bicyclic) bond motifs is 1. The van der Waals surface area contributed by atoms with Gasteiger partial charge in [0.25, 0.3) is 0 Å². The maximum atomic E-state index is 12.4. The zero-order valence-corrected chi connectivity index (χ0v) is 14.0. The maximum Gasteiger partial charge on any atom is 0.340 e. The number of nitrogens with zero attached hydrogens (tertiary/aromatic N) is 2. The smallest absolute Gasteiger partial charge is 0.340 e. The number of hydrogen-bond acceptors (Lipinski definition) is 4. The van der Waals surface area contributed by atoms with Crippen LogP contribution in [0, 0.1) is 12.8 Å². The highest BCUT2D eigenvalue weighted by Crippen LogP contribution is 2.36. The molecule has 124 valence electrons. The minimum absolute atomic E-state index is 0.263. The molecule has 0 aromatic carbocycles. The Labute approximate surface area is 136 Å². The van der Waals surface area contributed by atoms with Crippen molar-refractivity contribution in [1.82, 2.24) is 9.38 Å². The van der Waals surface area contributed by atoms with Crippen molar-refractivity contribution in [3.63, 3.8) is 0 Å². The summed E-state index contributed by atoms with van der Waals surface area (Å²) >= 11 is 0. The van der Waals surface area contributed by atoms with Gasteiger partial charge in [0.1, 0.15) is 0 Å². The van der Waals surface area contributed by atoms with Crippen molar-refractivity contribution in [2.45, 2.75) is 39.5 Å². The Morgan fingerprint density at radius 3 is 2.91 bits per heavy atom. The Hall–Kier alpha value is -1.88. The van der Waals surface area contributed by atoms with Crippen LogP contribution >= 0.6 is 0 Å². The topological polar surface area (TPSA) is 52.8 Å². The standard InChI is InChI=1S/C18H24N2O3/c1-4-23-18(21)16-13(3)17(20-8-7-19-11-15(16)20)12(2)14-5-9-22-10-6-14/h7-8,11-12,14H,4-6,9-10H2,1-3H3. The monoisotopic (exact) mass is 316 g/mol. The number of ether oxygens (including phenoxy) is 2.